The third-order valence-electron chi connectivity index (χ3n) is 6.44. The maximum atomic E-state index is 13.1. The molecule has 3 fully saturated rings. The molecule has 2 saturated carbocycles. The number of aromatic nitrogens is 2. The largest absolute Gasteiger partial charge is 0.480 e. The molecule has 1 aromatic heterocycles. The first-order chi connectivity index (χ1) is 11.1. The molecular weight excluding hydrogens is 294 g/mol. The maximum Gasteiger partial charge on any atom is 0.264 e. The number of likely N-dealkylation sites (tertiary alicyclic amines) is 1. The monoisotopic (exact) mass is 317 g/mol. The van der Waals surface area contributed by atoms with Crippen LogP contribution in [0.4, 0.5) is 0 Å². The highest BCUT2D eigenvalue weighted by Crippen LogP contribution is 2.62. The van der Waals surface area contributed by atoms with E-state index in [-0.39, 0.29) is 23.1 Å². The van der Waals surface area contributed by atoms with Crippen LogP contribution in [0.2, 0.25) is 0 Å². The van der Waals surface area contributed by atoms with E-state index in [1.54, 1.807) is 0 Å². The predicted octanol–water partition coefficient (Wildman–Crippen LogP) is 2.00. The van der Waals surface area contributed by atoms with E-state index in [2.05, 4.69) is 16.9 Å². The summed E-state index contributed by atoms with van der Waals surface area (Å²) in [7, 11) is 3.03. The summed E-state index contributed by atoms with van der Waals surface area (Å²) in [4.78, 5) is 23.2. The Bertz CT molecular complexity index is 628. The number of carbonyl (C=O) groups is 1. The highest BCUT2D eigenvalue weighted by atomic mass is 16.5. The molecule has 2 aliphatic carbocycles. The van der Waals surface area contributed by atoms with Crippen molar-refractivity contribution in [2.75, 3.05) is 27.3 Å². The van der Waals surface area contributed by atoms with E-state index in [0.717, 1.165) is 24.9 Å². The predicted molar refractivity (Wildman–Crippen MR) is 83.5 cm³/mol. The summed E-state index contributed by atoms with van der Waals surface area (Å²) in [5, 5.41) is 0. The van der Waals surface area contributed by atoms with E-state index < -0.39 is 0 Å². The first kappa shape index (κ1) is 14.7. The molecule has 4 rings (SSSR count). The Morgan fingerprint density at radius 3 is 2.57 bits per heavy atom. The van der Waals surface area contributed by atoms with Gasteiger partial charge in [-0.15, -0.1) is 0 Å². The SMILES string of the molecule is COc1ncnc(OC)c1C(=O)N1CC2[C@@H]3CC[C@@H](C3)[C@@]2(C)C1. The Labute approximate surface area is 136 Å². The van der Waals surface area contributed by atoms with Crippen molar-refractivity contribution in [2.24, 2.45) is 23.2 Å². The van der Waals surface area contributed by atoms with Crippen LogP contribution in [-0.4, -0.2) is 48.1 Å². The Morgan fingerprint density at radius 1 is 1.26 bits per heavy atom. The van der Waals surface area contributed by atoms with Gasteiger partial charge in [-0.25, -0.2) is 9.97 Å². The van der Waals surface area contributed by atoms with E-state index in [0.29, 0.717) is 11.5 Å². The lowest BCUT2D eigenvalue weighted by atomic mass is 9.70. The lowest BCUT2D eigenvalue weighted by Gasteiger charge is -2.34. The molecule has 124 valence electrons. The van der Waals surface area contributed by atoms with Gasteiger partial charge in [-0.2, -0.15) is 0 Å². The van der Waals surface area contributed by atoms with Crippen molar-refractivity contribution < 1.29 is 14.3 Å². The molecule has 6 nitrogen and oxygen atoms in total. The summed E-state index contributed by atoms with van der Waals surface area (Å²) in [6, 6.07) is 0. The number of ether oxygens (including phenoxy) is 2. The van der Waals surface area contributed by atoms with Crippen LogP contribution in [0.15, 0.2) is 6.33 Å². The highest BCUT2D eigenvalue weighted by Gasteiger charge is 2.60. The molecule has 2 heterocycles. The van der Waals surface area contributed by atoms with E-state index in [1.165, 1.54) is 39.8 Å². The van der Waals surface area contributed by atoms with Crippen molar-refractivity contribution in [1.82, 2.24) is 14.9 Å². The second kappa shape index (κ2) is 5.08. The Balaban J connectivity index is 1.65. The molecule has 23 heavy (non-hydrogen) atoms. The quantitative estimate of drug-likeness (QED) is 0.853. The van der Waals surface area contributed by atoms with Gasteiger partial charge < -0.3 is 14.4 Å². The Morgan fingerprint density at radius 2 is 1.96 bits per heavy atom. The van der Waals surface area contributed by atoms with Crippen LogP contribution in [-0.2, 0) is 0 Å². The number of hydrogen-bond acceptors (Lipinski definition) is 5. The summed E-state index contributed by atoms with van der Waals surface area (Å²) < 4.78 is 10.5. The van der Waals surface area contributed by atoms with Gasteiger partial charge in [0.1, 0.15) is 6.33 Å². The number of amides is 1. The minimum Gasteiger partial charge on any atom is -0.480 e. The van der Waals surface area contributed by atoms with E-state index in [9.17, 15) is 4.79 Å². The molecule has 6 heteroatoms. The van der Waals surface area contributed by atoms with E-state index in [1.807, 2.05) is 4.90 Å². The lowest BCUT2D eigenvalue weighted by Crippen LogP contribution is -2.34. The Hall–Kier alpha value is -1.85. The zero-order valence-corrected chi connectivity index (χ0v) is 13.9. The average Bonchev–Trinajstić information content (AvgIpc) is 3.23. The molecule has 1 saturated heterocycles. The van der Waals surface area contributed by atoms with Crippen molar-refractivity contribution in [3.05, 3.63) is 11.9 Å². The molecule has 1 unspecified atom stereocenters. The van der Waals surface area contributed by atoms with Crippen LogP contribution in [0.5, 0.6) is 11.8 Å². The fraction of sp³-hybridized carbons (Fsp3) is 0.706. The third kappa shape index (κ3) is 1.96. The van der Waals surface area contributed by atoms with Gasteiger partial charge in [0.15, 0.2) is 5.56 Å². The molecule has 1 aromatic rings. The van der Waals surface area contributed by atoms with Gasteiger partial charge in [0.25, 0.3) is 5.91 Å². The maximum absolute atomic E-state index is 13.1. The van der Waals surface area contributed by atoms with Crippen LogP contribution in [0.1, 0.15) is 36.5 Å². The minimum absolute atomic E-state index is 0.0747. The molecule has 0 spiro atoms. The molecule has 0 radical (unpaired) electrons. The summed E-state index contributed by atoms with van der Waals surface area (Å²) in [5.74, 6) is 2.69. The fourth-order valence-corrected chi connectivity index (χ4v) is 5.30. The number of carbonyl (C=O) groups excluding carboxylic acids is 1. The molecular formula is C17H23N3O3. The number of rotatable bonds is 3. The Kier molecular flexibility index (Phi) is 3.25. The highest BCUT2D eigenvalue weighted by molar-refractivity contribution is 5.98. The molecule has 0 N–H and O–H groups in total. The second-order valence-corrected chi connectivity index (χ2v) is 7.34. The normalized spacial score (nSPS) is 34.6. The second-order valence-electron chi connectivity index (χ2n) is 7.34. The molecule has 0 aromatic carbocycles. The van der Waals surface area contributed by atoms with Gasteiger partial charge in [-0.3, -0.25) is 4.79 Å². The topological polar surface area (TPSA) is 64.6 Å². The summed E-state index contributed by atoms with van der Waals surface area (Å²) in [6.07, 6.45) is 5.35. The van der Waals surface area contributed by atoms with Gasteiger partial charge in [-0.1, -0.05) is 6.92 Å². The number of nitrogens with zero attached hydrogens (tertiary/aromatic N) is 3. The van der Waals surface area contributed by atoms with Gasteiger partial charge in [0.2, 0.25) is 11.8 Å². The molecule has 1 amide bonds. The van der Waals surface area contributed by atoms with Crippen LogP contribution >= 0.6 is 0 Å². The van der Waals surface area contributed by atoms with Crippen molar-refractivity contribution in [2.45, 2.75) is 26.2 Å². The molecule has 4 atom stereocenters. The number of methoxy groups -OCH3 is 2. The van der Waals surface area contributed by atoms with Crippen molar-refractivity contribution in [3.8, 4) is 11.8 Å². The smallest absolute Gasteiger partial charge is 0.264 e. The fourth-order valence-electron chi connectivity index (χ4n) is 5.30. The zero-order chi connectivity index (χ0) is 16.2. The standard InChI is InChI=1S/C17H23N3O3/c1-17-8-20(7-12(17)10-4-5-11(17)6-10)16(21)13-14(22-2)18-9-19-15(13)23-3/h9-12H,4-8H2,1-3H3/t10-,11+,12?,17-/m1/s1. The first-order valence-corrected chi connectivity index (χ1v) is 8.30. The van der Waals surface area contributed by atoms with Gasteiger partial charge in [0.05, 0.1) is 14.2 Å². The zero-order valence-electron chi connectivity index (χ0n) is 13.9. The van der Waals surface area contributed by atoms with Crippen molar-refractivity contribution in [3.63, 3.8) is 0 Å². The number of hydrogen-bond donors (Lipinski definition) is 0. The number of fused-ring (bicyclic) bond motifs is 5. The van der Waals surface area contributed by atoms with Crippen LogP contribution in [0.25, 0.3) is 0 Å². The summed E-state index contributed by atoms with van der Waals surface area (Å²) in [5.41, 5.74) is 0.614. The van der Waals surface area contributed by atoms with Crippen LogP contribution in [0.3, 0.4) is 0 Å². The van der Waals surface area contributed by atoms with Crippen LogP contribution < -0.4 is 9.47 Å². The summed E-state index contributed by atoms with van der Waals surface area (Å²) >= 11 is 0. The third-order valence-corrected chi connectivity index (χ3v) is 6.44. The van der Waals surface area contributed by atoms with Crippen LogP contribution in [0, 0.1) is 23.2 Å². The molecule has 1 aliphatic heterocycles. The first-order valence-electron chi connectivity index (χ1n) is 8.30. The average molecular weight is 317 g/mol. The van der Waals surface area contributed by atoms with Crippen molar-refractivity contribution in [1.29, 1.82) is 0 Å². The molecule has 3 aliphatic rings. The minimum atomic E-state index is -0.0747. The van der Waals surface area contributed by atoms with Gasteiger partial charge in [-0.05, 0) is 42.4 Å². The van der Waals surface area contributed by atoms with E-state index in [4.69, 9.17) is 9.47 Å². The molecule has 2 bridgehead atoms. The van der Waals surface area contributed by atoms with Crippen molar-refractivity contribution >= 4 is 5.91 Å². The summed E-state index contributed by atoms with van der Waals surface area (Å²) in [6.45, 7) is 4.02. The lowest BCUT2D eigenvalue weighted by molar-refractivity contribution is 0.0750. The van der Waals surface area contributed by atoms with Gasteiger partial charge >= 0.3 is 0 Å². The van der Waals surface area contributed by atoms with Gasteiger partial charge in [0, 0.05) is 13.1 Å². The van der Waals surface area contributed by atoms with E-state index >= 15 is 0 Å².